The molecule has 0 saturated heterocycles. The van der Waals surface area contributed by atoms with Crippen LogP contribution >= 0.6 is 0 Å². The summed E-state index contributed by atoms with van der Waals surface area (Å²) in [6, 6.07) is -1.12. The maximum absolute atomic E-state index is 11.9. The zero-order valence-electron chi connectivity index (χ0n) is 11.1. The van der Waals surface area contributed by atoms with Crippen molar-refractivity contribution in [2.75, 3.05) is 6.61 Å². The molecule has 0 aromatic heterocycles. The van der Waals surface area contributed by atoms with Crippen molar-refractivity contribution in [2.24, 2.45) is 5.92 Å². The first-order valence-electron chi connectivity index (χ1n) is 5.85. The van der Waals surface area contributed by atoms with Gasteiger partial charge in [-0.1, -0.05) is 5.92 Å². The van der Waals surface area contributed by atoms with Crippen LogP contribution in [0.25, 0.3) is 0 Å². The number of terminal acetylenes is 1. The summed E-state index contributed by atoms with van der Waals surface area (Å²) in [6.45, 7) is 2.97. The van der Waals surface area contributed by atoms with Gasteiger partial charge in [0.05, 0.1) is 12.5 Å². The van der Waals surface area contributed by atoms with Crippen LogP contribution in [-0.2, 0) is 24.2 Å². The molecule has 2 atom stereocenters. The summed E-state index contributed by atoms with van der Waals surface area (Å²) in [6.07, 6.45) is 6.69. The number of hydrogen-bond acceptors (Lipinski definition) is 5. The van der Waals surface area contributed by atoms with Crippen molar-refractivity contribution in [1.29, 1.82) is 0 Å². The van der Waals surface area contributed by atoms with Crippen molar-refractivity contribution in [3.63, 3.8) is 0 Å². The van der Waals surface area contributed by atoms with E-state index >= 15 is 0 Å². The Morgan fingerprint density at radius 1 is 1.50 bits per heavy atom. The highest BCUT2D eigenvalue weighted by atomic mass is 32.2. The summed E-state index contributed by atoms with van der Waals surface area (Å²) >= 11 is 0. The Morgan fingerprint density at radius 3 is 2.55 bits per heavy atom. The third-order valence-electron chi connectivity index (χ3n) is 2.52. The Balaban J connectivity index is 3.10. The van der Waals surface area contributed by atoms with Crippen LogP contribution in [0.1, 0.15) is 13.8 Å². The van der Waals surface area contributed by atoms with E-state index in [2.05, 4.69) is 11.2 Å². The van der Waals surface area contributed by atoms with Gasteiger partial charge in [0.25, 0.3) is 0 Å². The van der Waals surface area contributed by atoms with Gasteiger partial charge in [-0.05, 0) is 18.6 Å². The van der Waals surface area contributed by atoms with Crippen LogP contribution in [0, 0.1) is 18.3 Å². The van der Waals surface area contributed by atoms with E-state index in [1.807, 2.05) is 0 Å². The molecule has 0 fully saturated rings. The fraction of sp³-hybridized carbons (Fsp3) is 0.385. The topological polar surface area (TPSA) is 89.5 Å². The van der Waals surface area contributed by atoms with E-state index in [1.165, 1.54) is 13.0 Å². The van der Waals surface area contributed by atoms with Gasteiger partial charge in [0, 0.05) is 17.7 Å². The monoisotopic (exact) mass is 297 g/mol. The first kappa shape index (κ1) is 16.0. The lowest BCUT2D eigenvalue weighted by Gasteiger charge is -2.22. The molecule has 0 bridgehead atoms. The number of sulfone groups is 1. The van der Waals surface area contributed by atoms with Gasteiger partial charge in [0.1, 0.15) is 6.04 Å². The normalized spacial score (nSPS) is 18.6. The number of hydrogen-bond donors (Lipinski definition) is 1. The Hall–Kier alpha value is -2.07. The number of allylic oxidation sites excluding steroid dienone is 1. The summed E-state index contributed by atoms with van der Waals surface area (Å²) in [4.78, 5) is 23.0. The number of rotatable bonds is 5. The van der Waals surface area contributed by atoms with Gasteiger partial charge in [-0.15, -0.1) is 6.42 Å². The molecule has 1 aliphatic heterocycles. The second-order valence-corrected chi connectivity index (χ2v) is 5.77. The number of carbonyl (C=O) groups is 2. The van der Waals surface area contributed by atoms with Crippen LogP contribution < -0.4 is 5.32 Å². The average molecular weight is 297 g/mol. The zero-order valence-corrected chi connectivity index (χ0v) is 11.9. The first-order chi connectivity index (χ1) is 9.30. The lowest BCUT2D eigenvalue weighted by molar-refractivity contribution is -0.147. The fourth-order valence-corrected chi connectivity index (χ4v) is 2.76. The van der Waals surface area contributed by atoms with Crippen LogP contribution in [-0.4, -0.2) is 32.9 Å². The lowest BCUT2D eigenvalue weighted by Crippen LogP contribution is -2.46. The average Bonchev–Trinajstić information content (AvgIpc) is 2.69. The molecule has 1 amide bonds. The van der Waals surface area contributed by atoms with E-state index < -0.39 is 33.7 Å². The molecule has 0 unspecified atom stereocenters. The number of amides is 1. The summed E-state index contributed by atoms with van der Waals surface area (Å²) < 4.78 is 27.6. The molecule has 108 valence electrons. The molecule has 0 radical (unpaired) electrons. The van der Waals surface area contributed by atoms with Crippen LogP contribution in [0.4, 0.5) is 0 Å². The highest BCUT2D eigenvalue weighted by molar-refractivity contribution is 7.97. The number of nitrogens with one attached hydrogen (secondary N) is 1. The molecule has 6 nitrogen and oxygen atoms in total. The van der Waals surface area contributed by atoms with Crippen molar-refractivity contribution in [2.45, 2.75) is 19.9 Å². The Labute approximate surface area is 117 Å². The van der Waals surface area contributed by atoms with E-state index in [4.69, 9.17) is 11.2 Å². The van der Waals surface area contributed by atoms with Crippen molar-refractivity contribution in [3.8, 4) is 12.3 Å². The SMILES string of the molecule is C#C[C@H](C1=CS(=O)(=O)C=C1)[C@H](NC(C)=O)C(=O)OCC. The van der Waals surface area contributed by atoms with Gasteiger partial charge in [-0.25, -0.2) is 13.2 Å². The predicted octanol–water partition coefficient (Wildman–Crippen LogP) is 0.130. The van der Waals surface area contributed by atoms with Crippen LogP contribution in [0.3, 0.4) is 0 Å². The summed E-state index contributed by atoms with van der Waals surface area (Å²) in [5.74, 6) is 0.248. The number of ether oxygens (including phenoxy) is 1. The molecule has 1 heterocycles. The van der Waals surface area contributed by atoms with Gasteiger partial charge in [-0.3, -0.25) is 4.79 Å². The van der Waals surface area contributed by atoms with Crippen LogP contribution in [0.2, 0.25) is 0 Å². The van der Waals surface area contributed by atoms with E-state index in [0.717, 1.165) is 10.8 Å². The standard InChI is InChI=1S/C13H15NO5S/c1-4-11(10-6-7-20(17,18)8-10)12(14-9(3)15)13(16)19-5-2/h1,6-8,11-12H,5H2,2-3H3,(H,14,15)/t11-,12+/m1/s1. The minimum absolute atomic E-state index is 0.124. The van der Waals surface area contributed by atoms with Gasteiger partial charge in [0.2, 0.25) is 5.91 Å². The summed E-state index contributed by atoms with van der Waals surface area (Å²) in [7, 11) is -3.45. The highest BCUT2D eigenvalue weighted by Gasteiger charge is 2.33. The molecule has 0 spiro atoms. The van der Waals surface area contributed by atoms with Crippen molar-refractivity contribution >= 4 is 21.7 Å². The number of esters is 1. The van der Waals surface area contributed by atoms with Gasteiger partial charge in [-0.2, -0.15) is 0 Å². The second-order valence-electron chi connectivity index (χ2n) is 4.08. The Morgan fingerprint density at radius 2 is 2.15 bits per heavy atom. The van der Waals surface area contributed by atoms with Gasteiger partial charge < -0.3 is 10.1 Å². The second kappa shape index (κ2) is 6.39. The molecule has 1 aliphatic rings. The fourth-order valence-electron chi connectivity index (χ4n) is 1.73. The Kier molecular flexibility index (Phi) is 5.11. The van der Waals surface area contributed by atoms with Crippen molar-refractivity contribution < 1.29 is 22.7 Å². The maximum Gasteiger partial charge on any atom is 0.330 e. The first-order valence-corrected chi connectivity index (χ1v) is 7.46. The molecule has 0 aliphatic carbocycles. The van der Waals surface area contributed by atoms with E-state index in [0.29, 0.717) is 0 Å². The predicted molar refractivity (Wildman–Crippen MR) is 72.7 cm³/mol. The molecular weight excluding hydrogens is 282 g/mol. The molecule has 0 aromatic carbocycles. The van der Waals surface area contributed by atoms with Crippen molar-refractivity contribution in [1.82, 2.24) is 5.32 Å². The van der Waals surface area contributed by atoms with Gasteiger partial charge >= 0.3 is 5.97 Å². The molecule has 7 heteroatoms. The van der Waals surface area contributed by atoms with Crippen molar-refractivity contribution in [3.05, 3.63) is 22.5 Å². The minimum atomic E-state index is -3.45. The van der Waals surface area contributed by atoms with Crippen LogP contribution in [0.5, 0.6) is 0 Å². The summed E-state index contributed by atoms with van der Waals surface area (Å²) in [5, 5.41) is 4.36. The van der Waals surface area contributed by atoms with E-state index in [1.54, 1.807) is 6.92 Å². The molecule has 20 heavy (non-hydrogen) atoms. The minimum Gasteiger partial charge on any atom is -0.464 e. The smallest absolute Gasteiger partial charge is 0.330 e. The molecule has 1 rings (SSSR count). The van der Waals surface area contributed by atoms with E-state index in [9.17, 15) is 18.0 Å². The molecule has 0 saturated carbocycles. The quantitative estimate of drug-likeness (QED) is 0.575. The van der Waals surface area contributed by atoms with Crippen LogP contribution in [0.15, 0.2) is 22.5 Å². The zero-order chi connectivity index (χ0) is 15.3. The number of carbonyl (C=O) groups excluding carboxylic acids is 2. The third kappa shape index (κ3) is 3.96. The molecular formula is C13H15NO5S. The van der Waals surface area contributed by atoms with E-state index in [-0.39, 0.29) is 12.2 Å². The lowest BCUT2D eigenvalue weighted by atomic mass is 9.93. The summed E-state index contributed by atoms with van der Waals surface area (Å²) in [5.41, 5.74) is 0.263. The van der Waals surface area contributed by atoms with Gasteiger partial charge in [0.15, 0.2) is 9.84 Å². The maximum atomic E-state index is 11.9. The Bertz CT molecular complexity index is 609. The molecule has 1 N–H and O–H groups in total. The highest BCUT2D eigenvalue weighted by Crippen LogP contribution is 2.24. The largest absolute Gasteiger partial charge is 0.464 e. The third-order valence-corrected chi connectivity index (χ3v) is 3.64. The molecule has 0 aromatic rings.